The summed E-state index contributed by atoms with van der Waals surface area (Å²) in [5, 5.41) is 1.91. The smallest absolute Gasteiger partial charge is 0.218 e. The van der Waals surface area contributed by atoms with Crippen LogP contribution in [0.15, 0.2) is 42.5 Å². The molecule has 3 rings (SSSR count). The fourth-order valence-electron chi connectivity index (χ4n) is 2.21. The van der Waals surface area contributed by atoms with Gasteiger partial charge in [0, 0.05) is 16.3 Å². The molecule has 0 aliphatic rings. The van der Waals surface area contributed by atoms with Gasteiger partial charge in [-0.15, -0.1) is 0 Å². The van der Waals surface area contributed by atoms with Crippen LogP contribution < -0.4 is 0 Å². The largest absolute Gasteiger partial charge is 0.298 e. The van der Waals surface area contributed by atoms with E-state index in [4.69, 9.17) is 0 Å². The second-order valence-electron chi connectivity index (χ2n) is 3.89. The average molecular weight is 223 g/mol. The molecular weight excluding hydrogens is 214 g/mol. The summed E-state index contributed by atoms with van der Waals surface area (Å²) in [6, 6.07) is 13.0. The molecule has 0 radical (unpaired) electrons. The highest BCUT2D eigenvalue weighted by Crippen LogP contribution is 2.28. The number of fused-ring (bicyclic) bond motifs is 3. The van der Waals surface area contributed by atoms with Crippen LogP contribution in [0.1, 0.15) is 10.4 Å². The molecule has 0 N–H and O–H groups in total. The third-order valence-corrected chi connectivity index (χ3v) is 2.98. The van der Waals surface area contributed by atoms with E-state index in [1.807, 2.05) is 30.3 Å². The third-order valence-electron chi connectivity index (χ3n) is 2.98. The lowest BCUT2D eigenvalue weighted by molar-refractivity contribution is 0.112. The molecule has 0 unspecified atom stereocenters. The number of hydrogen-bond acceptors (Lipinski definition) is 2. The quantitative estimate of drug-likeness (QED) is 0.626. The van der Waals surface area contributed by atoms with Gasteiger partial charge in [0.1, 0.15) is 6.29 Å². The second kappa shape index (κ2) is 3.56. The number of carbonyl (C=O) groups is 2. The highest BCUT2D eigenvalue weighted by Gasteiger charge is 2.09. The van der Waals surface area contributed by atoms with Crippen molar-refractivity contribution in [3.8, 4) is 0 Å². The first-order valence-corrected chi connectivity index (χ1v) is 5.28. The van der Waals surface area contributed by atoms with Crippen LogP contribution >= 0.6 is 0 Å². The Morgan fingerprint density at radius 2 is 1.65 bits per heavy atom. The van der Waals surface area contributed by atoms with Crippen LogP contribution in [0, 0.1) is 0 Å². The predicted molar refractivity (Wildman–Crippen MR) is 67.0 cm³/mol. The van der Waals surface area contributed by atoms with E-state index in [9.17, 15) is 9.59 Å². The van der Waals surface area contributed by atoms with Crippen molar-refractivity contribution >= 4 is 34.5 Å². The van der Waals surface area contributed by atoms with E-state index in [0.717, 1.165) is 34.5 Å². The Labute approximate surface area is 97.3 Å². The molecule has 1 aromatic heterocycles. The molecule has 17 heavy (non-hydrogen) atoms. The second-order valence-corrected chi connectivity index (χ2v) is 3.89. The first kappa shape index (κ1) is 9.78. The minimum Gasteiger partial charge on any atom is -0.298 e. The summed E-state index contributed by atoms with van der Waals surface area (Å²) >= 11 is 0. The number of para-hydroxylation sites is 1. The van der Waals surface area contributed by atoms with Gasteiger partial charge in [0.25, 0.3) is 0 Å². The summed E-state index contributed by atoms with van der Waals surface area (Å²) in [6.45, 7) is 0. The van der Waals surface area contributed by atoms with Gasteiger partial charge in [-0.2, -0.15) is 0 Å². The summed E-state index contributed by atoms with van der Waals surface area (Å²) in [6.07, 6.45) is 1.61. The van der Waals surface area contributed by atoms with Crippen LogP contribution in [-0.4, -0.2) is 17.3 Å². The Morgan fingerprint density at radius 1 is 0.882 bits per heavy atom. The Balaban J connectivity index is 2.58. The SMILES string of the molecule is O=Cc1ccc2c(c1)c1ccccc1n2C=O. The number of nitrogens with zero attached hydrogens (tertiary/aromatic N) is 1. The minimum absolute atomic E-state index is 0.617. The van der Waals surface area contributed by atoms with Crippen molar-refractivity contribution in [3.63, 3.8) is 0 Å². The zero-order chi connectivity index (χ0) is 11.8. The van der Waals surface area contributed by atoms with Crippen molar-refractivity contribution in [3.05, 3.63) is 48.0 Å². The van der Waals surface area contributed by atoms with E-state index in [1.54, 1.807) is 16.7 Å². The molecule has 0 fully saturated rings. The molecule has 82 valence electrons. The molecule has 0 saturated heterocycles. The normalized spacial score (nSPS) is 10.8. The Morgan fingerprint density at radius 3 is 2.41 bits per heavy atom. The summed E-state index contributed by atoms with van der Waals surface area (Å²) in [4.78, 5) is 21.9. The molecule has 3 heteroatoms. The zero-order valence-corrected chi connectivity index (χ0v) is 8.96. The highest BCUT2D eigenvalue weighted by atomic mass is 16.1. The van der Waals surface area contributed by atoms with E-state index in [2.05, 4.69) is 0 Å². The molecule has 2 aromatic carbocycles. The summed E-state index contributed by atoms with van der Waals surface area (Å²) in [5.41, 5.74) is 2.30. The van der Waals surface area contributed by atoms with E-state index < -0.39 is 0 Å². The zero-order valence-electron chi connectivity index (χ0n) is 8.96. The minimum atomic E-state index is 0.617. The van der Waals surface area contributed by atoms with Crippen LogP contribution in [0.3, 0.4) is 0 Å². The van der Waals surface area contributed by atoms with Gasteiger partial charge >= 0.3 is 0 Å². The predicted octanol–water partition coefficient (Wildman–Crippen LogP) is 2.65. The van der Waals surface area contributed by atoms with Crippen molar-refractivity contribution in [2.75, 3.05) is 0 Å². The van der Waals surface area contributed by atoms with Gasteiger partial charge in [-0.1, -0.05) is 18.2 Å². The molecule has 0 atom stereocenters. The van der Waals surface area contributed by atoms with Gasteiger partial charge in [-0.05, 0) is 24.3 Å². The number of carbonyl (C=O) groups excluding carboxylic acids is 2. The van der Waals surface area contributed by atoms with E-state index >= 15 is 0 Å². The summed E-state index contributed by atoms with van der Waals surface area (Å²) in [5.74, 6) is 0. The Kier molecular flexibility index (Phi) is 2.05. The van der Waals surface area contributed by atoms with Gasteiger partial charge < -0.3 is 0 Å². The van der Waals surface area contributed by atoms with Crippen molar-refractivity contribution in [2.45, 2.75) is 0 Å². The maximum Gasteiger partial charge on any atom is 0.218 e. The Bertz CT molecular complexity index is 740. The van der Waals surface area contributed by atoms with Crippen LogP contribution in [0.2, 0.25) is 0 Å². The van der Waals surface area contributed by atoms with Crippen molar-refractivity contribution in [2.24, 2.45) is 0 Å². The molecule has 1 heterocycles. The summed E-state index contributed by atoms with van der Waals surface area (Å²) in [7, 11) is 0. The molecule has 3 nitrogen and oxygen atoms in total. The molecule has 0 bridgehead atoms. The van der Waals surface area contributed by atoms with Crippen molar-refractivity contribution in [1.82, 2.24) is 4.57 Å². The number of benzene rings is 2. The number of rotatable bonds is 2. The fourth-order valence-corrected chi connectivity index (χ4v) is 2.21. The van der Waals surface area contributed by atoms with Gasteiger partial charge in [0.05, 0.1) is 11.0 Å². The van der Waals surface area contributed by atoms with E-state index in [-0.39, 0.29) is 0 Å². The Hall–Kier alpha value is -2.42. The van der Waals surface area contributed by atoms with Gasteiger partial charge in [0.2, 0.25) is 6.41 Å². The van der Waals surface area contributed by atoms with Crippen molar-refractivity contribution < 1.29 is 9.59 Å². The van der Waals surface area contributed by atoms with Crippen molar-refractivity contribution in [1.29, 1.82) is 0 Å². The molecule has 3 aromatic rings. The lowest BCUT2D eigenvalue weighted by Crippen LogP contribution is -1.93. The van der Waals surface area contributed by atoms with Gasteiger partial charge in [-0.3, -0.25) is 14.2 Å². The van der Waals surface area contributed by atoms with Gasteiger partial charge in [0.15, 0.2) is 0 Å². The lowest BCUT2D eigenvalue weighted by Gasteiger charge is -1.95. The average Bonchev–Trinajstić information content (AvgIpc) is 2.71. The van der Waals surface area contributed by atoms with E-state index in [1.165, 1.54) is 0 Å². The molecule has 0 saturated carbocycles. The standard InChI is InChI=1S/C14H9NO2/c16-8-10-5-6-14-12(7-10)11-3-1-2-4-13(11)15(14)9-17/h1-9H. The monoisotopic (exact) mass is 223 g/mol. The van der Waals surface area contributed by atoms with E-state index in [0.29, 0.717) is 5.56 Å². The maximum absolute atomic E-state index is 11.1. The van der Waals surface area contributed by atoms with Crippen LogP contribution in [0.25, 0.3) is 21.8 Å². The maximum atomic E-state index is 11.1. The van der Waals surface area contributed by atoms with Crippen LogP contribution in [0.5, 0.6) is 0 Å². The first-order chi connectivity index (χ1) is 8.35. The first-order valence-electron chi connectivity index (χ1n) is 5.28. The number of hydrogen-bond donors (Lipinski definition) is 0. The number of aldehydes is 1. The highest BCUT2D eigenvalue weighted by molar-refractivity contribution is 6.12. The molecule has 0 aliphatic carbocycles. The fraction of sp³-hybridized carbons (Fsp3) is 0. The molecule has 0 amide bonds. The lowest BCUT2D eigenvalue weighted by atomic mass is 10.1. The van der Waals surface area contributed by atoms with Crippen LogP contribution in [0.4, 0.5) is 0 Å². The summed E-state index contributed by atoms with van der Waals surface area (Å²) < 4.78 is 1.60. The van der Waals surface area contributed by atoms with Crippen LogP contribution in [-0.2, 0) is 4.79 Å². The topological polar surface area (TPSA) is 39.1 Å². The molecule has 0 spiro atoms. The third kappa shape index (κ3) is 1.29. The number of aromatic nitrogens is 1. The van der Waals surface area contributed by atoms with Gasteiger partial charge in [-0.25, -0.2) is 0 Å². The molecular formula is C14H9NO2. The molecule has 0 aliphatic heterocycles.